The number of hydrogen-bond donors (Lipinski definition) is 2. The van der Waals surface area contributed by atoms with Gasteiger partial charge in [-0.3, -0.25) is 0 Å². The smallest absolute Gasteiger partial charge is 0.0798 e. The third-order valence-corrected chi connectivity index (χ3v) is 3.64. The molecule has 0 radical (unpaired) electrons. The third-order valence-electron chi connectivity index (χ3n) is 3.64. The summed E-state index contributed by atoms with van der Waals surface area (Å²) in [5.74, 6) is 0.722. The molecule has 0 aromatic carbocycles. The maximum atomic E-state index is 10.4. The summed E-state index contributed by atoms with van der Waals surface area (Å²) in [6.45, 7) is 9.46. The molecule has 0 aliphatic carbocycles. The maximum absolute atomic E-state index is 10.4. The van der Waals surface area contributed by atoms with Crippen LogP contribution in [-0.2, 0) is 0 Å². The van der Waals surface area contributed by atoms with Gasteiger partial charge in [0.1, 0.15) is 0 Å². The SMILES string of the molecule is CC(C)CC(C)N(C)CC1(O)CCNCC1. The Bertz CT molecular complexity index is 200. The number of likely N-dealkylation sites (N-methyl/N-ethyl adjacent to an activating group) is 1. The number of piperidine rings is 1. The molecule has 0 bridgehead atoms. The second kappa shape index (κ2) is 5.99. The second-order valence-corrected chi connectivity index (χ2v) is 5.87. The van der Waals surface area contributed by atoms with Crippen LogP contribution >= 0.6 is 0 Å². The van der Waals surface area contributed by atoms with Gasteiger partial charge < -0.3 is 15.3 Å². The van der Waals surface area contributed by atoms with E-state index >= 15 is 0 Å². The fourth-order valence-electron chi connectivity index (χ4n) is 2.53. The van der Waals surface area contributed by atoms with Gasteiger partial charge in [0.15, 0.2) is 0 Å². The Balaban J connectivity index is 2.39. The summed E-state index contributed by atoms with van der Waals surface area (Å²) in [6, 6.07) is 0.555. The lowest BCUT2D eigenvalue weighted by molar-refractivity contribution is -0.0240. The standard InChI is InChI=1S/C13H28N2O/c1-11(2)9-12(3)15(4)10-13(16)5-7-14-8-6-13/h11-12,14,16H,5-10H2,1-4H3. The minimum atomic E-state index is -0.467. The average Bonchev–Trinajstić information content (AvgIpc) is 2.16. The highest BCUT2D eigenvalue weighted by Gasteiger charge is 2.31. The highest BCUT2D eigenvalue weighted by Crippen LogP contribution is 2.21. The van der Waals surface area contributed by atoms with Crippen molar-refractivity contribution in [3.63, 3.8) is 0 Å². The molecule has 16 heavy (non-hydrogen) atoms. The van der Waals surface area contributed by atoms with Gasteiger partial charge in [-0.2, -0.15) is 0 Å². The van der Waals surface area contributed by atoms with Crippen LogP contribution in [0.4, 0.5) is 0 Å². The molecule has 1 aliphatic rings. The minimum absolute atomic E-state index is 0.467. The predicted molar refractivity (Wildman–Crippen MR) is 68.6 cm³/mol. The number of hydrogen-bond acceptors (Lipinski definition) is 3. The van der Waals surface area contributed by atoms with Crippen molar-refractivity contribution in [3.8, 4) is 0 Å². The Kier molecular flexibility index (Phi) is 5.22. The largest absolute Gasteiger partial charge is 0.388 e. The van der Waals surface area contributed by atoms with Crippen molar-refractivity contribution in [1.29, 1.82) is 0 Å². The molecule has 1 rings (SSSR count). The van der Waals surface area contributed by atoms with Gasteiger partial charge in [0.05, 0.1) is 5.60 Å². The molecule has 1 unspecified atom stereocenters. The Hall–Kier alpha value is -0.120. The molecule has 0 spiro atoms. The van der Waals surface area contributed by atoms with Crippen molar-refractivity contribution in [2.24, 2.45) is 5.92 Å². The van der Waals surface area contributed by atoms with Gasteiger partial charge in [0.25, 0.3) is 0 Å². The first-order valence-corrected chi connectivity index (χ1v) is 6.56. The number of nitrogens with zero attached hydrogens (tertiary/aromatic N) is 1. The van der Waals surface area contributed by atoms with Crippen LogP contribution in [0.2, 0.25) is 0 Å². The second-order valence-electron chi connectivity index (χ2n) is 5.87. The van der Waals surface area contributed by atoms with Crippen molar-refractivity contribution in [3.05, 3.63) is 0 Å². The quantitative estimate of drug-likeness (QED) is 0.748. The van der Waals surface area contributed by atoms with Gasteiger partial charge in [0.2, 0.25) is 0 Å². The zero-order valence-electron chi connectivity index (χ0n) is 11.3. The summed E-state index contributed by atoms with van der Waals surface area (Å²) in [5, 5.41) is 13.7. The van der Waals surface area contributed by atoms with Crippen molar-refractivity contribution >= 4 is 0 Å². The monoisotopic (exact) mass is 228 g/mol. The van der Waals surface area contributed by atoms with Gasteiger partial charge in [-0.05, 0) is 52.2 Å². The molecule has 0 saturated carbocycles. The van der Waals surface area contributed by atoms with Crippen molar-refractivity contribution < 1.29 is 5.11 Å². The summed E-state index contributed by atoms with van der Waals surface area (Å²) in [4.78, 5) is 2.31. The van der Waals surface area contributed by atoms with Crippen molar-refractivity contribution in [2.45, 2.75) is 51.7 Å². The number of nitrogens with one attached hydrogen (secondary N) is 1. The molecule has 1 saturated heterocycles. The molecule has 0 aromatic heterocycles. The summed E-state index contributed by atoms with van der Waals surface area (Å²) < 4.78 is 0. The van der Waals surface area contributed by atoms with Crippen LogP contribution in [0.25, 0.3) is 0 Å². The molecule has 1 aliphatic heterocycles. The van der Waals surface area contributed by atoms with Gasteiger partial charge in [0, 0.05) is 12.6 Å². The molecular formula is C13H28N2O. The topological polar surface area (TPSA) is 35.5 Å². The van der Waals surface area contributed by atoms with Crippen LogP contribution in [0.1, 0.15) is 40.0 Å². The van der Waals surface area contributed by atoms with E-state index in [2.05, 4.69) is 38.0 Å². The average molecular weight is 228 g/mol. The van der Waals surface area contributed by atoms with E-state index in [-0.39, 0.29) is 0 Å². The summed E-state index contributed by atoms with van der Waals surface area (Å²) in [5.41, 5.74) is -0.467. The lowest BCUT2D eigenvalue weighted by Crippen LogP contribution is -2.50. The van der Waals surface area contributed by atoms with Crippen molar-refractivity contribution in [1.82, 2.24) is 10.2 Å². The lowest BCUT2D eigenvalue weighted by Gasteiger charge is -2.38. The number of rotatable bonds is 5. The zero-order valence-corrected chi connectivity index (χ0v) is 11.3. The minimum Gasteiger partial charge on any atom is -0.388 e. The first kappa shape index (κ1) is 13.9. The first-order chi connectivity index (χ1) is 7.43. The van der Waals surface area contributed by atoms with E-state index < -0.39 is 5.60 Å². The van der Waals surface area contributed by atoms with Gasteiger partial charge in [-0.1, -0.05) is 13.8 Å². The third kappa shape index (κ3) is 4.40. The van der Waals surface area contributed by atoms with Crippen molar-refractivity contribution in [2.75, 3.05) is 26.7 Å². The molecule has 2 N–H and O–H groups in total. The maximum Gasteiger partial charge on any atom is 0.0798 e. The molecule has 1 fully saturated rings. The fraction of sp³-hybridized carbons (Fsp3) is 1.00. The van der Waals surface area contributed by atoms with Crippen LogP contribution in [0.15, 0.2) is 0 Å². The zero-order chi connectivity index (χ0) is 12.2. The van der Waals surface area contributed by atoms with E-state index in [0.29, 0.717) is 6.04 Å². The van der Waals surface area contributed by atoms with Crippen LogP contribution in [0.5, 0.6) is 0 Å². The molecular weight excluding hydrogens is 200 g/mol. The molecule has 1 atom stereocenters. The Morgan fingerprint density at radius 3 is 2.31 bits per heavy atom. The predicted octanol–water partition coefficient (Wildman–Crippen LogP) is 1.47. The summed E-state index contributed by atoms with van der Waals surface area (Å²) in [7, 11) is 2.13. The highest BCUT2D eigenvalue weighted by atomic mass is 16.3. The van der Waals surface area contributed by atoms with Gasteiger partial charge >= 0.3 is 0 Å². The Labute approximate surface area is 100 Å². The summed E-state index contributed by atoms with van der Waals surface area (Å²) in [6.07, 6.45) is 2.96. The fourth-order valence-corrected chi connectivity index (χ4v) is 2.53. The van der Waals surface area contributed by atoms with Crippen LogP contribution in [-0.4, -0.2) is 48.3 Å². The molecule has 0 aromatic rings. The Morgan fingerprint density at radius 1 is 1.25 bits per heavy atom. The van der Waals surface area contributed by atoms with E-state index in [1.165, 1.54) is 6.42 Å². The van der Waals surface area contributed by atoms with Crippen LogP contribution < -0.4 is 5.32 Å². The van der Waals surface area contributed by atoms with Gasteiger partial charge in [-0.15, -0.1) is 0 Å². The lowest BCUT2D eigenvalue weighted by atomic mass is 9.91. The van der Waals surface area contributed by atoms with Crippen LogP contribution in [0, 0.1) is 5.92 Å². The first-order valence-electron chi connectivity index (χ1n) is 6.56. The van der Waals surface area contributed by atoms with E-state index in [9.17, 15) is 5.11 Å². The van der Waals surface area contributed by atoms with E-state index in [1.807, 2.05) is 0 Å². The van der Waals surface area contributed by atoms with Gasteiger partial charge in [-0.25, -0.2) is 0 Å². The molecule has 3 heteroatoms. The molecule has 1 heterocycles. The highest BCUT2D eigenvalue weighted by molar-refractivity contribution is 4.87. The van der Waals surface area contributed by atoms with E-state index in [4.69, 9.17) is 0 Å². The molecule has 96 valence electrons. The van der Waals surface area contributed by atoms with E-state index in [1.54, 1.807) is 0 Å². The normalized spacial score (nSPS) is 22.7. The summed E-state index contributed by atoms with van der Waals surface area (Å²) >= 11 is 0. The van der Waals surface area contributed by atoms with E-state index in [0.717, 1.165) is 38.4 Å². The Morgan fingerprint density at radius 2 is 1.81 bits per heavy atom. The van der Waals surface area contributed by atoms with Crippen LogP contribution in [0.3, 0.4) is 0 Å². The molecule has 0 amide bonds. The number of aliphatic hydroxyl groups is 1. The molecule has 3 nitrogen and oxygen atoms in total.